The molecular formula is C15H20O3. The second kappa shape index (κ2) is 5.11. The Morgan fingerprint density at radius 3 is 2.67 bits per heavy atom. The van der Waals surface area contributed by atoms with Gasteiger partial charge >= 0.3 is 5.97 Å². The molecule has 0 amide bonds. The first kappa shape index (κ1) is 13.1. The van der Waals surface area contributed by atoms with E-state index in [4.69, 9.17) is 9.47 Å². The molecule has 1 aromatic carbocycles. The van der Waals surface area contributed by atoms with Crippen LogP contribution >= 0.6 is 0 Å². The second-order valence-corrected chi connectivity index (χ2v) is 5.33. The van der Waals surface area contributed by atoms with Crippen molar-refractivity contribution in [1.29, 1.82) is 0 Å². The Bertz CT molecular complexity index is 413. The van der Waals surface area contributed by atoms with Crippen LogP contribution < -0.4 is 0 Å². The molecule has 0 saturated carbocycles. The zero-order chi connectivity index (χ0) is 13.2. The summed E-state index contributed by atoms with van der Waals surface area (Å²) in [6.45, 7) is 6.48. The average Bonchev–Trinajstić information content (AvgIpc) is 3.04. The van der Waals surface area contributed by atoms with Crippen molar-refractivity contribution in [2.24, 2.45) is 5.92 Å². The Kier molecular flexibility index (Phi) is 3.71. The van der Waals surface area contributed by atoms with Gasteiger partial charge in [-0.3, -0.25) is 0 Å². The van der Waals surface area contributed by atoms with E-state index in [2.05, 4.69) is 13.8 Å². The largest absolute Gasteiger partial charge is 0.463 e. The summed E-state index contributed by atoms with van der Waals surface area (Å²) >= 11 is 0. The zero-order valence-corrected chi connectivity index (χ0v) is 11.2. The molecule has 2 atom stereocenters. The van der Waals surface area contributed by atoms with Gasteiger partial charge in [-0.2, -0.15) is 0 Å². The van der Waals surface area contributed by atoms with Crippen LogP contribution in [-0.2, 0) is 14.3 Å². The highest BCUT2D eigenvalue weighted by Gasteiger charge is 2.60. The van der Waals surface area contributed by atoms with Crippen LogP contribution in [0.15, 0.2) is 30.3 Å². The Morgan fingerprint density at radius 2 is 2.06 bits per heavy atom. The van der Waals surface area contributed by atoms with Gasteiger partial charge in [0.25, 0.3) is 0 Å². The van der Waals surface area contributed by atoms with Gasteiger partial charge in [0.2, 0.25) is 0 Å². The summed E-state index contributed by atoms with van der Waals surface area (Å²) in [5, 5.41) is 0. The van der Waals surface area contributed by atoms with Gasteiger partial charge in [0.1, 0.15) is 6.10 Å². The number of rotatable bonds is 5. The van der Waals surface area contributed by atoms with Crippen LogP contribution in [0.25, 0.3) is 0 Å². The molecule has 0 bridgehead atoms. The van der Waals surface area contributed by atoms with Crippen molar-refractivity contribution >= 4 is 5.97 Å². The first-order chi connectivity index (χ1) is 8.54. The fraction of sp³-hybridized carbons (Fsp3) is 0.533. The third kappa shape index (κ3) is 2.72. The molecule has 0 radical (unpaired) electrons. The lowest BCUT2D eigenvalue weighted by atomic mass is 10.0. The number of epoxide rings is 1. The Hall–Kier alpha value is -1.35. The summed E-state index contributed by atoms with van der Waals surface area (Å²) in [6.07, 6.45) is 0.725. The van der Waals surface area contributed by atoms with Crippen LogP contribution in [0.1, 0.15) is 38.9 Å². The topological polar surface area (TPSA) is 38.8 Å². The number of benzene rings is 1. The van der Waals surface area contributed by atoms with Crippen LogP contribution in [-0.4, -0.2) is 18.2 Å². The molecule has 0 unspecified atom stereocenters. The smallest absolute Gasteiger partial charge is 0.341 e. The maximum absolute atomic E-state index is 11.9. The third-order valence-corrected chi connectivity index (χ3v) is 3.24. The Labute approximate surface area is 108 Å². The highest BCUT2D eigenvalue weighted by Crippen LogP contribution is 2.50. The fourth-order valence-corrected chi connectivity index (χ4v) is 1.91. The van der Waals surface area contributed by atoms with Gasteiger partial charge in [-0.15, -0.1) is 0 Å². The molecule has 0 aliphatic carbocycles. The molecule has 1 aromatic rings. The van der Waals surface area contributed by atoms with Gasteiger partial charge in [0.05, 0.1) is 6.61 Å². The fourth-order valence-electron chi connectivity index (χ4n) is 1.91. The molecule has 98 valence electrons. The molecule has 0 spiro atoms. The third-order valence-electron chi connectivity index (χ3n) is 3.24. The quantitative estimate of drug-likeness (QED) is 0.593. The molecule has 0 aromatic heterocycles. The number of hydrogen-bond donors (Lipinski definition) is 0. The monoisotopic (exact) mass is 248 g/mol. The molecular weight excluding hydrogens is 228 g/mol. The highest BCUT2D eigenvalue weighted by atomic mass is 16.7. The maximum atomic E-state index is 11.9. The van der Waals surface area contributed by atoms with Gasteiger partial charge in [-0.1, -0.05) is 44.2 Å². The summed E-state index contributed by atoms with van der Waals surface area (Å²) in [7, 11) is 0. The summed E-state index contributed by atoms with van der Waals surface area (Å²) in [6, 6.07) is 9.78. The lowest BCUT2D eigenvalue weighted by Gasteiger charge is -2.09. The summed E-state index contributed by atoms with van der Waals surface area (Å²) in [4.78, 5) is 11.9. The van der Waals surface area contributed by atoms with E-state index in [9.17, 15) is 4.79 Å². The van der Waals surface area contributed by atoms with Crippen LogP contribution in [0.4, 0.5) is 0 Å². The normalized spacial score (nSPS) is 26.1. The minimum Gasteiger partial charge on any atom is -0.463 e. The van der Waals surface area contributed by atoms with Gasteiger partial charge < -0.3 is 9.47 Å². The van der Waals surface area contributed by atoms with E-state index >= 15 is 0 Å². The molecule has 1 fully saturated rings. The Balaban J connectivity index is 1.89. The summed E-state index contributed by atoms with van der Waals surface area (Å²) in [5.41, 5.74) is 0.235. The van der Waals surface area contributed by atoms with Crippen molar-refractivity contribution in [3.8, 4) is 0 Å². The van der Waals surface area contributed by atoms with E-state index < -0.39 is 5.60 Å². The molecule has 0 N–H and O–H groups in total. The van der Waals surface area contributed by atoms with Crippen molar-refractivity contribution in [2.75, 3.05) is 6.61 Å². The van der Waals surface area contributed by atoms with Gasteiger partial charge in [0.15, 0.2) is 5.60 Å². The predicted molar refractivity (Wildman–Crippen MR) is 69.1 cm³/mol. The maximum Gasteiger partial charge on any atom is 0.341 e. The molecule has 3 nitrogen and oxygen atoms in total. The van der Waals surface area contributed by atoms with Crippen molar-refractivity contribution < 1.29 is 14.3 Å². The standard InChI is InChI=1S/C15H20O3/c1-11(2)9-10-17-14(16)15(3)13(18-15)12-7-5-4-6-8-12/h4-8,11,13H,9-10H2,1-3H3/t13-,15-/m1/s1. The van der Waals surface area contributed by atoms with E-state index in [1.165, 1.54) is 0 Å². The summed E-state index contributed by atoms with van der Waals surface area (Å²) < 4.78 is 10.8. The first-order valence-electron chi connectivity index (χ1n) is 6.44. The number of hydrogen-bond acceptors (Lipinski definition) is 3. The first-order valence-corrected chi connectivity index (χ1v) is 6.44. The van der Waals surface area contributed by atoms with E-state index in [0.717, 1.165) is 12.0 Å². The van der Waals surface area contributed by atoms with E-state index in [1.54, 1.807) is 6.92 Å². The van der Waals surface area contributed by atoms with Crippen LogP contribution in [0.2, 0.25) is 0 Å². The average molecular weight is 248 g/mol. The van der Waals surface area contributed by atoms with Crippen molar-refractivity contribution in [1.82, 2.24) is 0 Å². The SMILES string of the molecule is CC(C)CCOC(=O)[C@]1(C)O[C@@H]1c1ccccc1. The molecule has 1 heterocycles. The van der Waals surface area contributed by atoms with Crippen molar-refractivity contribution in [2.45, 2.75) is 38.9 Å². The van der Waals surface area contributed by atoms with Crippen LogP contribution in [0.5, 0.6) is 0 Å². The molecule has 1 aliphatic heterocycles. The molecule has 1 saturated heterocycles. The van der Waals surface area contributed by atoms with Crippen molar-refractivity contribution in [3.05, 3.63) is 35.9 Å². The minimum atomic E-state index is -0.793. The van der Waals surface area contributed by atoms with E-state index in [1.807, 2.05) is 30.3 Å². The number of esters is 1. The summed E-state index contributed by atoms with van der Waals surface area (Å²) in [5.74, 6) is 0.285. The van der Waals surface area contributed by atoms with Crippen LogP contribution in [0.3, 0.4) is 0 Å². The number of carbonyl (C=O) groups excluding carboxylic acids is 1. The lowest BCUT2D eigenvalue weighted by molar-refractivity contribution is -0.149. The number of carbonyl (C=O) groups is 1. The molecule has 18 heavy (non-hydrogen) atoms. The van der Waals surface area contributed by atoms with Gasteiger partial charge in [-0.25, -0.2) is 4.79 Å². The zero-order valence-electron chi connectivity index (χ0n) is 11.2. The lowest BCUT2D eigenvalue weighted by Crippen LogP contribution is -2.25. The molecule has 1 aliphatic rings. The van der Waals surface area contributed by atoms with Crippen LogP contribution in [0, 0.1) is 5.92 Å². The predicted octanol–water partition coefficient (Wildman–Crippen LogP) is 3.11. The minimum absolute atomic E-state index is 0.162. The highest BCUT2D eigenvalue weighted by molar-refractivity contribution is 5.83. The van der Waals surface area contributed by atoms with Crippen molar-refractivity contribution in [3.63, 3.8) is 0 Å². The Morgan fingerprint density at radius 1 is 1.39 bits per heavy atom. The van der Waals surface area contributed by atoms with E-state index in [-0.39, 0.29) is 12.1 Å². The molecule has 2 rings (SSSR count). The van der Waals surface area contributed by atoms with E-state index in [0.29, 0.717) is 12.5 Å². The number of ether oxygens (including phenoxy) is 2. The van der Waals surface area contributed by atoms with Gasteiger partial charge in [-0.05, 0) is 24.8 Å². The van der Waals surface area contributed by atoms with Gasteiger partial charge in [0, 0.05) is 0 Å². The second-order valence-electron chi connectivity index (χ2n) is 5.33. The molecule has 3 heteroatoms.